The van der Waals surface area contributed by atoms with Crippen LogP contribution in [0.3, 0.4) is 0 Å². The van der Waals surface area contributed by atoms with E-state index in [2.05, 4.69) is 5.32 Å². The van der Waals surface area contributed by atoms with Crippen molar-refractivity contribution in [3.63, 3.8) is 0 Å². The fourth-order valence-electron chi connectivity index (χ4n) is 2.22. The third-order valence-corrected chi connectivity index (χ3v) is 4.74. The van der Waals surface area contributed by atoms with Crippen molar-refractivity contribution in [2.24, 2.45) is 0 Å². The Kier molecular flexibility index (Phi) is 6.20. The number of phenolic OH excluding ortho intramolecular Hbond substituents is 1. The molecule has 1 aromatic carbocycles. The third kappa shape index (κ3) is 3.95. The molecule has 1 aromatic heterocycles. The van der Waals surface area contributed by atoms with Gasteiger partial charge in [0.1, 0.15) is 21.0 Å². The number of aromatic hydroxyl groups is 1. The maximum absolute atomic E-state index is 12.5. The molecule has 0 radical (unpaired) electrons. The summed E-state index contributed by atoms with van der Waals surface area (Å²) >= 11 is 1.03. The minimum Gasteiger partial charge on any atom is -0.508 e. The molecule has 0 saturated heterocycles. The summed E-state index contributed by atoms with van der Waals surface area (Å²) in [6.07, 6.45) is 1.49. The number of aromatic nitrogens is 1. The van der Waals surface area contributed by atoms with E-state index in [4.69, 9.17) is 4.74 Å². The lowest BCUT2D eigenvalue weighted by atomic mass is 10.2. The van der Waals surface area contributed by atoms with Gasteiger partial charge in [-0.05, 0) is 32.4 Å². The summed E-state index contributed by atoms with van der Waals surface area (Å²) in [7, 11) is 0. The zero-order chi connectivity index (χ0) is 19.3. The summed E-state index contributed by atoms with van der Waals surface area (Å²) in [5, 5.41) is 22.0. The molecular formula is C18H19N3O4S. The highest BCUT2D eigenvalue weighted by molar-refractivity contribution is 7.07. The quantitative estimate of drug-likeness (QED) is 0.759. The Morgan fingerprint density at radius 1 is 1.46 bits per heavy atom. The molecule has 136 valence electrons. The minimum absolute atomic E-state index is 0.142. The van der Waals surface area contributed by atoms with Crippen LogP contribution in [-0.2, 0) is 16.1 Å². The van der Waals surface area contributed by atoms with E-state index < -0.39 is 5.97 Å². The van der Waals surface area contributed by atoms with Gasteiger partial charge < -0.3 is 15.2 Å². The highest BCUT2D eigenvalue weighted by Gasteiger charge is 2.16. The van der Waals surface area contributed by atoms with Crippen LogP contribution in [0.5, 0.6) is 5.75 Å². The van der Waals surface area contributed by atoms with Crippen molar-refractivity contribution in [1.29, 1.82) is 5.26 Å². The number of phenols is 1. The number of carbonyl (C=O) groups is 1. The van der Waals surface area contributed by atoms with Crippen molar-refractivity contribution in [2.45, 2.75) is 27.3 Å². The molecule has 0 spiro atoms. The normalized spacial score (nSPS) is 12.5. The van der Waals surface area contributed by atoms with E-state index in [9.17, 15) is 20.0 Å². The van der Waals surface area contributed by atoms with Crippen molar-refractivity contribution in [2.75, 3.05) is 11.9 Å². The first-order chi connectivity index (χ1) is 12.4. The summed E-state index contributed by atoms with van der Waals surface area (Å²) in [6.45, 7) is 5.64. The predicted molar refractivity (Wildman–Crippen MR) is 100 cm³/mol. The highest BCUT2D eigenvalue weighted by atomic mass is 32.1. The lowest BCUT2D eigenvalue weighted by Gasteiger charge is -2.02. The Labute approximate surface area is 154 Å². The topological polar surface area (TPSA) is 104 Å². The summed E-state index contributed by atoms with van der Waals surface area (Å²) in [4.78, 5) is 24.5. The smallest absolute Gasteiger partial charge is 0.351 e. The maximum atomic E-state index is 12.5. The molecule has 0 fully saturated rings. The molecule has 0 aliphatic rings. The number of carbonyl (C=O) groups excluding carboxylic acids is 1. The van der Waals surface area contributed by atoms with E-state index in [0.717, 1.165) is 16.9 Å². The molecule has 2 rings (SSSR count). The van der Waals surface area contributed by atoms with Crippen LogP contribution in [0.15, 0.2) is 23.0 Å². The van der Waals surface area contributed by atoms with Crippen LogP contribution in [-0.4, -0.2) is 22.2 Å². The molecule has 0 aliphatic heterocycles. The summed E-state index contributed by atoms with van der Waals surface area (Å²) < 4.78 is 6.85. The van der Waals surface area contributed by atoms with Gasteiger partial charge in [0.15, 0.2) is 5.57 Å². The molecule has 0 atom stereocenters. The Bertz CT molecular complexity index is 1040. The molecule has 0 aliphatic carbocycles. The zero-order valence-corrected chi connectivity index (χ0v) is 15.5. The van der Waals surface area contributed by atoms with Gasteiger partial charge in [-0.25, -0.2) is 4.79 Å². The number of thiazole rings is 1. The van der Waals surface area contributed by atoms with Gasteiger partial charge >= 0.3 is 5.97 Å². The first-order valence-corrected chi connectivity index (χ1v) is 8.82. The Balaban J connectivity index is 2.56. The van der Waals surface area contributed by atoms with E-state index in [0.29, 0.717) is 16.8 Å². The molecule has 2 aromatic rings. The average molecular weight is 373 g/mol. The monoisotopic (exact) mass is 373 g/mol. The fraction of sp³-hybridized carbons (Fsp3) is 0.278. The number of nitriles is 1. The standard InChI is InChI=1S/C18H19N3O4S/c1-4-21-16(23)15(10-20-12-7-6-11(3)14(22)8-12)26-17(21)13(9-19)18(24)25-5-2/h6-8,10,20,22H,4-5H2,1-3H3/b15-10+,17-13-. The van der Waals surface area contributed by atoms with Gasteiger partial charge in [0.2, 0.25) is 0 Å². The SMILES string of the molecule is CCOC(=O)/C(C#N)=c1\s/c(=C/Nc2ccc(C)c(O)c2)c(=O)n1CC. The van der Waals surface area contributed by atoms with Crippen LogP contribution >= 0.6 is 11.3 Å². The molecule has 8 heteroatoms. The van der Waals surface area contributed by atoms with Gasteiger partial charge in [0, 0.05) is 24.5 Å². The molecule has 0 amide bonds. The van der Waals surface area contributed by atoms with Gasteiger partial charge in [-0.3, -0.25) is 9.36 Å². The van der Waals surface area contributed by atoms with Crippen LogP contribution < -0.4 is 20.1 Å². The Morgan fingerprint density at radius 3 is 2.77 bits per heavy atom. The molecule has 26 heavy (non-hydrogen) atoms. The predicted octanol–water partition coefficient (Wildman–Crippen LogP) is 1.03. The minimum atomic E-state index is -0.749. The Hall–Kier alpha value is -3.05. The Morgan fingerprint density at radius 2 is 2.19 bits per heavy atom. The van der Waals surface area contributed by atoms with Crippen LogP contribution in [0.4, 0.5) is 5.69 Å². The van der Waals surface area contributed by atoms with Gasteiger partial charge in [-0.2, -0.15) is 5.26 Å². The first kappa shape index (κ1) is 19.3. The van der Waals surface area contributed by atoms with E-state index in [1.807, 2.05) is 6.07 Å². The second-order valence-electron chi connectivity index (χ2n) is 5.32. The number of anilines is 1. The molecule has 0 unspecified atom stereocenters. The number of benzene rings is 1. The van der Waals surface area contributed by atoms with Crippen molar-refractivity contribution in [3.05, 3.63) is 43.3 Å². The number of hydrogen-bond donors (Lipinski definition) is 2. The number of hydrogen-bond acceptors (Lipinski definition) is 7. The molecule has 2 N–H and O–H groups in total. The van der Waals surface area contributed by atoms with Gasteiger partial charge in [0.05, 0.1) is 6.61 Å². The number of rotatable bonds is 5. The molecular weight excluding hydrogens is 354 g/mol. The third-order valence-electron chi connectivity index (χ3n) is 3.61. The van der Waals surface area contributed by atoms with Gasteiger partial charge in [-0.15, -0.1) is 11.3 Å². The van der Waals surface area contributed by atoms with Gasteiger partial charge in [0.25, 0.3) is 5.56 Å². The summed E-state index contributed by atoms with van der Waals surface area (Å²) in [5.74, 6) is -0.606. The van der Waals surface area contributed by atoms with E-state index in [1.54, 1.807) is 39.0 Å². The highest BCUT2D eigenvalue weighted by Crippen LogP contribution is 2.20. The average Bonchev–Trinajstić information content (AvgIpc) is 2.92. The van der Waals surface area contributed by atoms with Crippen LogP contribution in [0.2, 0.25) is 0 Å². The second kappa shape index (κ2) is 8.36. The lowest BCUT2D eigenvalue weighted by Crippen LogP contribution is -2.32. The van der Waals surface area contributed by atoms with Crippen molar-refractivity contribution < 1.29 is 14.6 Å². The number of nitrogens with zero attached hydrogens (tertiary/aromatic N) is 2. The molecule has 1 heterocycles. The first-order valence-electron chi connectivity index (χ1n) is 8.00. The van der Waals surface area contributed by atoms with Crippen molar-refractivity contribution in [1.82, 2.24) is 4.57 Å². The van der Waals surface area contributed by atoms with Gasteiger partial charge in [-0.1, -0.05) is 6.07 Å². The van der Waals surface area contributed by atoms with E-state index in [-0.39, 0.29) is 28.2 Å². The number of aryl methyl sites for hydroxylation is 1. The van der Waals surface area contributed by atoms with Crippen LogP contribution in [0, 0.1) is 18.3 Å². The number of ether oxygens (including phenoxy) is 1. The van der Waals surface area contributed by atoms with Crippen LogP contribution in [0.25, 0.3) is 11.8 Å². The molecule has 7 nitrogen and oxygen atoms in total. The lowest BCUT2D eigenvalue weighted by molar-refractivity contribution is -0.136. The van der Waals surface area contributed by atoms with E-state index >= 15 is 0 Å². The number of esters is 1. The molecule has 0 saturated carbocycles. The second-order valence-corrected chi connectivity index (χ2v) is 6.35. The molecule has 0 bridgehead atoms. The van der Waals surface area contributed by atoms with Crippen molar-refractivity contribution >= 4 is 34.8 Å². The largest absolute Gasteiger partial charge is 0.508 e. The zero-order valence-electron chi connectivity index (χ0n) is 14.7. The fourth-order valence-corrected chi connectivity index (χ4v) is 3.30. The van der Waals surface area contributed by atoms with Crippen LogP contribution in [0.1, 0.15) is 19.4 Å². The summed E-state index contributed by atoms with van der Waals surface area (Å²) in [5.41, 5.74) is 0.849. The van der Waals surface area contributed by atoms with Crippen molar-refractivity contribution in [3.8, 4) is 11.8 Å². The number of nitrogens with one attached hydrogen (secondary N) is 1. The maximum Gasteiger partial charge on any atom is 0.351 e. The summed E-state index contributed by atoms with van der Waals surface area (Å²) in [6, 6.07) is 6.89. The van der Waals surface area contributed by atoms with E-state index in [1.165, 1.54) is 10.8 Å².